The molecular formula is C20H33BrN3O2+. The van der Waals surface area contributed by atoms with Crippen LogP contribution in [-0.2, 0) is 11.3 Å². The van der Waals surface area contributed by atoms with Crippen molar-refractivity contribution in [3.63, 3.8) is 0 Å². The lowest BCUT2D eigenvalue weighted by molar-refractivity contribution is -0.895. The van der Waals surface area contributed by atoms with E-state index in [-0.39, 0.29) is 11.4 Å². The SMILES string of the molecule is CC1(C)CCC(Br)(NC(=O)C[N+](C)(C)Cc2ccccc2)C(C)(C)N1O. The van der Waals surface area contributed by atoms with Gasteiger partial charge in [0.15, 0.2) is 6.54 Å². The lowest BCUT2D eigenvalue weighted by atomic mass is 9.78. The Morgan fingerprint density at radius 3 is 2.35 bits per heavy atom. The number of carbonyl (C=O) groups is 1. The van der Waals surface area contributed by atoms with Crippen molar-refractivity contribution in [3.05, 3.63) is 35.9 Å². The molecule has 26 heavy (non-hydrogen) atoms. The number of hydroxylamine groups is 2. The molecule has 1 aliphatic rings. The van der Waals surface area contributed by atoms with E-state index in [9.17, 15) is 10.0 Å². The molecule has 2 N–H and O–H groups in total. The van der Waals surface area contributed by atoms with Gasteiger partial charge in [-0.25, -0.2) is 0 Å². The fourth-order valence-electron chi connectivity index (χ4n) is 3.81. The number of nitrogens with one attached hydrogen (secondary N) is 1. The molecule has 0 saturated carbocycles. The van der Waals surface area contributed by atoms with Crippen molar-refractivity contribution in [2.45, 2.75) is 62.6 Å². The van der Waals surface area contributed by atoms with E-state index in [1.54, 1.807) is 0 Å². The van der Waals surface area contributed by atoms with Crippen molar-refractivity contribution in [2.24, 2.45) is 0 Å². The highest BCUT2D eigenvalue weighted by Gasteiger charge is 2.56. The molecule has 5 nitrogen and oxygen atoms in total. The Morgan fingerprint density at radius 1 is 1.19 bits per heavy atom. The van der Waals surface area contributed by atoms with Crippen molar-refractivity contribution in [1.29, 1.82) is 0 Å². The number of hydrogen-bond donors (Lipinski definition) is 2. The van der Waals surface area contributed by atoms with Crippen molar-refractivity contribution >= 4 is 21.8 Å². The van der Waals surface area contributed by atoms with Gasteiger partial charge in [0.1, 0.15) is 11.0 Å². The molecule has 0 bridgehead atoms. The third-order valence-electron chi connectivity index (χ3n) is 5.52. The van der Waals surface area contributed by atoms with E-state index in [4.69, 9.17) is 0 Å². The number of quaternary nitrogens is 1. The predicted octanol–water partition coefficient (Wildman–Crippen LogP) is 3.51. The number of piperidine rings is 1. The highest BCUT2D eigenvalue weighted by molar-refractivity contribution is 9.10. The molecule has 2 rings (SSSR count). The summed E-state index contributed by atoms with van der Waals surface area (Å²) in [6.45, 7) is 9.09. The van der Waals surface area contributed by atoms with E-state index in [1.165, 1.54) is 10.6 Å². The summed E-state index contributed by atoms with van der Waals surface area (Å²) in [6.07, 6.45) is 1.53. The van der Waals surface area contributed by atoms with Crippen LogP contribution < -0.4 is 5.32 Å². The average molecular weight is 427 g/mol. The van der Waals surface area contributed by atoms with Crippen LogP contribution in [0.2, 0.25) is 0 Å². The first-order chi connectivity index (χ1) is 11.8. The van der Waals surface area contributed by atoms with Crippen LogP contribution in [0.5, 0.6) is 0 Å². The molecule has 1 atom stereocenters. The molecule has 6 heteroatoms. The molecular weight excluding hydrogens is 394 g/mol. The Bertz CT molecular complexity index is 646. The average Bonchev–Trinajstić information content (AvgIpc) is 2.50. The highest BCUT2D eigenvalue weighted by atomic mass is 79.9. The molecule has 0 spiro atoms. The van der Waals surface area contributed by atoms with Gasteiger partial charge in [-0.3, -0.25) is 4.79 Å². The van der Waals surface area contributed by atoms with Crippen LogP contribution in [0, 0.1) is 0 Å². The smallest absolute Gasteiger partial charge is 0.276 e. The van der Waals surface area contributed by atoms with Gasteiger partial charge in [-0.05, 0) is 40.5 Å². The van der Waals surface area contributed by atoms with Crippen LogP contribution in [0.4, 0.5) is 0 Å². The van der Waals surface area contributed by atoms with Crippen LogP contribution in [0.15, 0.2) is 30.3 Å². The van der Waals surface area contributed by atoms with E-state index < -0.39 is 9.99 Å². The fraction of sp³-hybridized carbons (Fsp3) is 0.650. The summed E-state index contributed by atoms with van der Waals surface area (Å²) in [6, 6.07) is 10.2. The highest BCUT2D eigenvalue weighted by Crippen LogP contribution is 2.46. The zero-order valence-electron chi connectivity index (χ0n) is 16.8. The Labute approximate surface area is 166 Å². The van der Waals surface area contributed by atoms with E-state index in [0.717, 1.165) is 19.4 Å². The molecule has 1 fully saturated rings. The van der Waals surface area contributed by atoms with E-state index in [1.807, 2.05) is 45.9 Å². The number of nitrogens with zero attached hydrogens (tertiary/aromatic N) is 2. The Kier molecular flexibility index (Phi) is 5.93. The summed E-state index contributed by atoms with van der Waals surface area (Å²) in [5.74, 6) is -0.0241. The van der Waals surface area contributed by atoms with Gasteiger partial charge in [-0.15, -0.1) is 0 Å². The van der Waals surface area contributed by atoms with Crippen LogP contribution in [0.1, 0.15) is 46.1 Å². The maximum atomic E-state index is 12.8. The van der Waals surface area contributed by atoms with Crippen molar-refractivity contribution in [3.8, 4) is 0 Å². The summed E-state index contributed by atoms with van der Waals surface area (Å²) in [4.78, 5) is 12.8. The van der Waals surface area contributed by atoms with E-state index in [0.29, 0.717) is 11.0 Å². The molecule has 146 valence electrons. The van der Waals surface area contributed by atoms with Gasteiger partial charge < -0.3 is 15.0 Å². The Morgan fingerprint density at radius 2 is 1.77 bits per heavy atom. The normalized spacial score (nSPS) is 25.7. The minimum absolute atomic E-state index is 0.0241. The van der Waals surface area contributed by atoms with Gasteiger partial charge >= 0.3 is 0 Å². The van der Waals surface area contributed by atoms with Gasteiger partial charge in [-0.1, -0.05) is 46.3 Å². The largest absolute Gasteiger partial charge is 0.334 e. The van der Waals surface area contributed by atoms with Gasteiger partial charge in [0.2, 0.25) is 0 Å². The Balaban J connectivity index is 2.06. The van der Waals surface area contributed by atoms with Gasteiger partial charge in [0.25, 0.3) is 5.91 Å². The first-order valence-electron chi connectivity index (χ1n) is 9.14. The molecule has 1 saturated heterocycles. The maximum absolute atomic E-state index is 12.8. The van der Waals surface area contributed by atoms with Gasteiger partial charge in [0.05, 0.1) is 19.6 Å². The third-order valence-corrected chi connectivity index (χ3v) is 7.08. The fourth-order valence-corrected chi connectivity index (χ4v) is 4.40. The quantitative estimate of drug-likeness (QED) is 0.430. The molecule has 1 aliphatic heterocycles. The number of hydrogen-bond acceptors (Lipinski definition) is 3. The molecule has 0 aromatic heterocycles. The number of halogens is 1. The molecule has 0 aliphatic carbocycles. The summed E-state index contributed by atoms with van der Waals surface area (Å²) in [5.41, 5.74) is 0.245. The van der Waals surface area contributed by atoms with Crippen LogP contribution in [0.3, 0.4) is 0 Å². The number of likely N-dealkylation sites (N-methyl/N-ethyl adjacent to an activating group) is 1. The first kappa shape index (κ1) is 21.4. The standard InChI is InChI=1S/C20H32BrN3O2/c1-18(2)12-13-20(21,19(3,4)23(18)26)22-17(25)15-24(5,6)14-16-10-8-7-9-11-16/h7-11,26H,12-15H2,1-6H3/p+1. The first-order valence-corrected chi connectivity index (χ1v) is 9.94. The Hall–Kier alpha value is -0.950. The number of carbonyl (C=O) groups excluding carboxylic acids is 1. The lowest BCUT2D eigenvalue weighted by Crippen LogP contribution is -2.72. The van der Waals surface area contributed by atoms with E-state index in [2.05, 4.69) is 47.5 Å². The molecule has 1 aromatic rings. The van der Waals surface area contributed by atoms with Crippen molar-refractivity contribution in [2.75, 3.05) is 20.6 Å². The van der Waals surface area contributed by atoms with Gasteiger partial charge in [-0.2, -0.15) is 5.06 Å². The second kappa shape index (κ2) is 7.23. The number of alkyl halides is 1. The van der Waals surface area contributed by atoms with E-state index >= 15 is 0 Å². The number of amides is 1. The zero-order valence-corrected chi connectivity index (χ0v) is 18.4. The van der Waals surface area contributed by atoms with Gasteiger partial charge in [0, 0.05) is 11.1 Å². The number of rotatable bonds is 5. The molecule has 1 aromatic carbocycles. The summed E-state index contributed by atoms with van der Waals surface area (Å²) >= 11 is 3.74. The maximum Gasteiger partial charge on any atom is 0.276 e. The molecule has 1 amide bonds. The zero-order chi connectivity index (χ0) is 19.8. The molecule has 1 unspecified atom stereocenters. The topological polar surface area (TPSA) is 52.6 Å². The molecule has 1 heterocycles. The minimum Gasteiger partial charge on any atom is -0.334 e. The van der Waals surface area contributed by atoms with Crippen LogP contribution in [-0.4, -0.2) is 56.8 Å². The van der Waals surface area contributed by atoms with Crippen LogP contribution in [0.25, 0.3) is 0 Å². The van der Waals surface area contributed by atoms with Crippen molar-refractivity contribution in [1.82, 2.24) is 10.4 Å². The lowest BCUT2D eigenvalue weighted by Gasteiger charge is -2.57. The second-order valence-electron chi connectivity index (χ2n) is 9.27. The van der Waals surface area contributed by atoms with Crippen LogP contribution >= 0.6 is 15.9 Å². The second-order valence-corrected chi connectivity index (χ2v) is 10.6. The predicted molar refractivity (Wildman–Crippen MR) is 108 cm³/mol. The number of benzene rings is 1. The monoisotopic (exact) mass is 426 g/mol. The van der Waals surface area contributed by atoms with Crippen molar-refractivity contribution < 1.29 is 14.5 Å². The summed E-state index contributed by atoms with van der Waals surface area (Å²) in [5, 5.41) is 15.2. The molecule has 0 radical (unpaired) electrons. The minimum atomic E-state index is -0.673. The summed E-state index contributed by atoms with van der Waals surface area (Å²) in [7, 11) is 4.11. The third kappa shape index (κ3) is 4.47. The summed E-state index contributed by atoms with van der Waals surface area (Å²) < 4.78 is -0.109.